The second-order valence-electron chi connectivity index (χ2n) is 6.07. The molecular weight excluding hydrogens is 346 g/mol. The number of para-hydroxylation sites is 1. The van der Waals surface area contributed by atoms with E-state index in [2.05, 4.69) is 15.6 Å². The Labute approximate surface area is 156 Å². The zero-order valence-electron chi connectivity index (χ0n) is 14.6. The van der Waals surface area contributed by atoms with Gasteiger partial charge >= 0.3 is 0 Å². The van der Waals surface area contributed by atoms with Gasteiger partial charge < -0.3 is 10.6 Å². The first kappa shape index (κ1) is 18.1. The van der Waals surface area contributed by atoms with Crippen LogP contribution in [0.25, 0.3) is 10.2 Å². The number of thiazole rings is 1. The molecule has 3 aromatic rings. The smallest absolute Gasteiger partial charge is 0.242 e. The molecule has 1 aromatic heterocycles. The minimum absolute atomic E-state index is 0.147. The summed E-state index contributed by atoms with van der Waals surface area (Å²) in [5, 5.41) is 6.51. The molecule has 0 fully saturated rings. The number of amides is 2. The number of hydrogen-bond donors (Lipinski definition) is 2. The number of aromatic nitrogens is 1. The average Bonchev–Trinajstić information content (AvgIpc) is 3.08. The molecule has 0 radical (unpaired) electrons. The SMILES string of the molecule is CC(NC(=O)CCc1nc2ccccc2s1)C(=O)NCc1ccccc1. The molecule has 0 aliphatic carbocycles. The number of fused-ring (bicyclic) bond motifs is 1. The van der Waals surface area contributed by atoms with E-state index in [4.69, 9.17) is 0 Å². The second kappa shape index (κ2) is 8.58. The van der Waals surface area contributed by atoms with Crippen molar-refractivity contribution >= 4 is 33.4 Å². The lowest BCUT2D eigenvalue weighted by Crippen LogP contribution is -2.44. The average molecular weight is 367 g/mol. The van der Waals surface area contributed by atoms with Gasteiger partial charge in [0.1, 0.15) is 6.04 Å². The summed E-state index contributed by atoms with van der Waals surface area (Å²) in [6.45, 7) is 2.14. The zero-order chi connectivity index (χ0) is 18.4. The topological polar surface area (TPSA) is 71.1 Å². The molecule has 0 aliphatic rings. The highest BCUT2D eigenvalue weighted by molar-refractivity contribution is 7.18. The van der Waals surface area contributed by atoms with Crippen LogP contribution in [-0.4, -0.2) is 22.8 Å². The van der Waals surface area contributed by atoms with Gasteiger partial charge in [0.15, 0.2) is 0 Å². The van der Waals surface area contributed by atoms with Gasteiger partial charge in [0, 0.05) is 19.4 Å². The summed E-state index contributed by atoms with van der Waals surface area (Å²) in [7, 11) is 0. The van der Waals surface area contributed by atoms with Gasteiger partial charge in [-0.25, -0.2) is 4.98 Å². The Bertz CT molecular complexity index is 859. The van der Waals surface area contributed by atoms with Crippen molar-refractivity contribution in [2.45, 2.75) is 32.4 Å². The van der Waals surface area contributed by atoms with Crippen molar-refractivity contribution in [1.82, 2.24) is 15.6 Å². The van der Waals surface area contributed by atoms with Crippen LogP contribution in [0.3, 0.4) is 0 Å². The van der Waals surface area contributed by atoms with E-state index < -0.39 is 6.04 Å². The summed E-state index contributed by atoms with van der Waals surface area (Å²) < 4.78 is 1.12. The molecule has 26 heavy (non-hydrogen) atoms. The van der Waals surface area contributed by atoms with Crippen molar-refractivity contribution < 1.29 is 9.59 Å². The minimum Gasteiger partial charge on any atom is -0.350 e. The van der Waals surface area contributed by atoms with E-state index in [1.807, 2.05) is 54.6 Å². The first-order valence-corrected chi connectivity index (χ1v) is 9.39. The normalized spacial score (nSPS) is 11.9. The molecular formula is C20H21N3O2S. The summed E-state index contributed by atoms with van der Waals surface area (Å²) in [6, 6.07) is 17.0. The van der Waals surface area contributed by atoms with Crippen LogP contribution in [0.5, 0.6) is 0 Å². The number of carbonyl (C=O) groups excluding carboxylic acids is 2. The fraction of sp³-hybridized carbons (Fsp3) is 0.250. The number of aryl methyl sites for hydroxylation is 1. The van der Waals surface area contributed by atoms with Crippen LogP contribution in [0.15, 0.2) is 54.6 Å². The lowest BCUT2D eigenvalue weighted by molar-refractivity contribution is -0.128. The Morgan fingerprint density at radius 1 is 1.08 bits per heavy atom. The molecule has 0 bridgehead atoms. The van der Waals surface area contributed by atoms with Crippen LogP contribution in [-0.2, 0) is 22.6 Å². The number of rotatable bonds is 7. The first-order chi connectivity index (χ1) is 12.6. The molecule has 134 valence electrons. The molecule has 2 N–H and O–H groups in total. The van der Waals surface area contributed by atoms with E-state index in [1.165, 1.54) is 0 Å². The third kappa shape index (κ3) is 4.89. The maximum absolute atomic E-state index is 12.1. The number of nitrogens with one attached hydrogen (secondary N) is 2. The minimum atomic E-state index is -0.568. The quantitative estimate of drug-likeness (QED) is 0.674. The Balaban J connectivity index is 1.44. The van der Waals surface area contributed by atoms with Crippen LogP contribution in [0.4, 0.5) is 0 Å². The maximum Gasteiger partial charge on any atom is 0.242 e. The van der Waals surface area contributed by atoms with Gasteiger partial charge in [-0.15, -0.1) is 11.3 Å². The molecule has 1 heterocycles. The van der Waals surface area contributed by atoms with Crippen molar-refractivity contribution in [1.29, 1.82) is 0 Å². The molecule has 0 spiro atoms. The maximum atomic E-state index is 12.1. The molecule has 1 unspecified atom stereocenters. The van der Waals surface area contributed by atoms with Gasteiger partial charge in [0.2, 0.25) is 11.8 Å². The fourth-order valence-corrected chi connectivity index (χ4v) is 3.53. The number of nitrogens with zero attached hydrogens (tertiary/aromatic N) is 1. The third-order valence-electron chi connectivity index (χ3n) is 3.98. The van der Waals surface area contributed by atoms with Crippen LogP contribution in [0.1, 0.15) is 23.9 Å². The van der Waals surface area contributed by atoms with Crippen LogP contribution >= 0.6 is 11.3 Å². The lowest BCUT2D eigenvalue weighted by atomic mass is 10.2. The summed E-state index contributed by atoms with van der Waals surface area (Å²) in [5.41, 5.74) is 1.98. The van der Waals surface area contributed by atoms with Crippen molar-refractivity contribution in [2.75, 3.05) is 0 Å². The predicted octanol–water partition coefficient (Wildman–Crippen LogP) is 3.05. The molecule has 1 atom stereocenters. The largest absolute Gasteiger partial charge is 0.350 e. The van der Waals surface area contributed by atoms with Gasteiger partial charge in [0.25, 0.3) is 0 Å². The van der Waals surface area contributed by atoms with Crippen molar-refractivity contribution in [3.05, 3.63) is 65.2 Å². The molecule has 2 aromatic carbocycles. The Morgan fingerprint density at radius 2 is 1.81 bits per heavy atom. The Morgan fingerprint density at radius 3 is 2.58 bits per heavy atom. The standard InChI is InChI=1S/C20H21N3O2S/c1-14(20(25)21-13-15-7-3-2-4-8-15)22-18(24)11-12-19-23-16-9-5-6-10-17(16)26-19/h2-10,14H,11-13H2,1H3,(H,21,25)(H,22,24). The molecule has 0 saturated carbocycles. The van der Waals surface area contributed by atoms with Gasteiger partial charge in [-0.2, -0.15) is 0 Å². The molecule has 0 aliphatic heterocycles. The monoisotopic (exact) mass is 367 g/mol. The van der Waals surface area contributed by atoms with E-state index >= 15 is 0 Å². The molecule has 5 nitrogen and oxygen atoms in total. The highest BCUT2D eigenvalue weighted by Gasteiger charge is 2.15. The van der Waals surface area contributed by atoms with Gasteiger partial charge in [0.05, 0.1) is 15.2 Å². The summed E-state index contributed by atoms with van der Waals surface area (Å²) in [6.07, 6.45) is 0.889. The molecule has 3 rings (SSSR count). The van der Waals surface area contributed by atoms with E-state index in [1.54, 1.807) is 18.3 Å². The van der Waals surface area contributed by atoms with Crippen LogP contribution in [0, 0.1) is 0 Å². The van der Waals surface area contributed by atoms with Crippen molar-refractivity contribution in [3.8, 4) is 0 Å². The summed E-state index contributed by atoms with van der Waals surface area (Å²) in [4.78, 5) is 28.7. The summed E-state index contributed by atoms with van der Waals surface area (Å²) in [5.74, 6) is -0.339. The first-order valence-electron chi connectivity index (χ1n) is 8.57. The third-order valence-corrected chi connectivity index (χ3v) is 5.08. The number of hydrogen-bond acceptors (Lipinski definition) is 4. The molecule has 0 saturated heterocycles. The number of carbonyl (C=O) groups is 2. The van der Waals surface area contributed by atoms with E-state index in [-0.39, 0.29) is 11.8 Å². The van der Waals surface area contributed by atoms with Gasteiger partial charge in [-0.05, 0) is 24.6 Å². The van der Waals surface area contributed by atoms with E-state index in [0.717, 1.165) is 20.8 Å². The Kier molecular flexibility index (Phi) is 5.96. The second-order valence-corrected chi connectivity index (χ2v) is 7.18. The highest BCUT2D eigenvalue weighted by Crippen LogP contribution is 2.22. The van der Waals surface area contributed by atoms with Crippen LogP contribution < -0.4 is 10.6 Å². The van der Waals surface area contributed by atoms with E-state index in [0.29, 0.717) is 19.4 Å². The van der Waals surface area contributed by atoms with Crippen molar-refractivity contribution in [2.24, 2.45) is 0 Å². The fourth-order valence-electron chi connectivity index (χ4n) is 2.56. The lowest BCUT2D eigenvalue weighted by Gasteiger charge is -2.14. The van der Waals surface area contributed by atoms with Crippen LogP contribution in [0.2, 0.25) is 0 Å². The zero-order valence-corrected chi connectivity index (χ0v) is 15.4. The number of benzene rings is 2. The van der Waals surface area contributed by atoms with Crippen molar-refractivity contribution in [3.63, 3.8) is 0 Å². The highest BCUT2D eigenvalue weighted by atomic mass is 32.1. The van der Waals surface area contributed by atoms with Gasteiger partial charge in [-0.1, -0.05) is 42.5 Å². The predicted molar refractivity (Wildman–Crippen MR) is 104 cm³/mol. The van der Waals surface area contributed by atoms with E-state index in [9.17, 15) is 9.59 Å². The summed E-state index contributed by atoms with van der Waals surface area (Å²) >= 11 is 1.60. The Hall–Kier alpha value is -2.73. The molecule has 6 heteroatoms. The van der Waals surface area contributed by atoms with Gasteiger partial charge in [-0.3, -0.25) is 9.59 Å². The molecule has 2 amide bonds.